The fraction of sp³-hybridized carbons (Fsp3) is 0.562. The molecule has 19 heavy (non-hydrogen) atoms. The van der Waals surface area contributed by atoms with Gasteiger partial charge in [-0.3, -0.25) is 4.79 Å². The van der Waals surface area contributed by atoms with E-state index in [1.165, 1.54) is 31.2 Å². The van der Waals surface area contributed by atoms with E-state index in [0.29, 0.717) is 5.41 Å². The van der Waals surface area contributed by atoms with Gasteiger partial charge in [0.2, 0.25) is 5.91 Å². The highest BCUT2D eigenvalue weighted by atomic mass is 16.2. The summed E-state index contributed by atoms with van der Waals surface area (Å²) in [5.74, 6) is 0.149. The second-order valence-corrected chi connectivity index (χ2v) is 5.98. The summed E-state index contributed by atoms with van der Waals surface area (Å²) in [6, 6.07) is 8.08. The van der Waals surface area contributed by atoms with Gasteiger partial charge in [-0.15, -0.1) is 0 Å². The zero-order valence-corrected chi connectivity index (χ0v) is 11.5. The van der Waals surface area contributed by atoms with Crippen LogP contribution in [0.3, 0.4) is 0 Å². The molecule has 1 aliphatic heterocycles. The van der Waals surface area contributed by atoms with Crippen LogP contribution >= 0.6 is 0 Å². The van der Waals surface area contributed by atoms with Crippen LogP contribution in [0.2, 0.25) is 0 Å². The number of hydrogen-bond acceptors (Lipinski definition) is 2. The van der Waals surface area contributed by atoms with E-state index in [9.17, 15) is 4.79 Å². The van der Waals surface area contributed by atoms with Crippen molar-refractivity contribution in [3.05, 3.63) is 29.8 Å². The van der Waals surface area contributed by atoms with E-state index in [4.69, 9.17) is 0 Å². The molecule has 2 aliphatic rings. The summed E-state index contributed by atoms with van der Waals surface area (Å²) in [6.07, 6.45) is 5.83. The molecule has 1 saturated carbocycles. The molecule has 3 heteroatoms. The highest BCUT2D eigenvalue weighted by Gasteiger charge is 2.36. The lowest BCUT2D eigenvalue weighted by Crippen LogP contribution is -2.46. The Balaban J connectivity index is 1.55. The van der Waals surface area contributed by atoms with Gasteiger partial charge in [0.25, 0.3) is 0 Å². The van der Waals surface area contributed by atoms with Gasteiger partial charge in [-0.25, -0.2) is 0 Å². The number of carbonyl (C=O) groups is 1. The van der Waals surface area contributed by atoms with Crippen molar-refractivity contribution in [3.8, 4) is 0 Å². The average molecular weight is 258 g/mol. The Morgan fingerprint density at radius 1 is 1.42 bits per heavy atom. The topological polar surface area (TPSA) is 41.1 Å². The molecule has 1 fully saturated rings. The Bertz CT molecular complexity index is 449. The van der Waals surface area contributed by atoms with Crippen LogP contribution in [0, 0.1) is 5.41 Å². The molecule has 3 rings (SSSR count). The van der Waals surface area contributed by atoms with Crippen molar-refractivity contribution in [2.24, 2.45) is 5.41 Å². The Hall–Kier alpha value is -1.51. The molecular formula is C16H22N2O. The summed E-state index contributed by atoms with van der Waals surface area (Å²) >= 11 is 0. The van der Waals surface area contributed by atoms with Gasteiger partial charge in [-0.2, -0.15) is 0 Å². The molecule has 102 valence electrons. The minimum absolute atomic E-state index is 0.0913. The zero-order valence-electron chi connectivity index (χ0n) is 11.5. The molecule has 0 radical (unpaired) electrons. The fourth-order valence-corrected chi connectivity index (χ4v) is 3.19. The fourth-order valence-electron chi connectivity index (χ4n) is 3.19. The van der Waals surface area contributed by atoms with Gasteiger partial charge in [0, 0.05) is 18.7 Å². The molecule has 2 N–H and O–H groups in total. The van der Waals surface area contributed by atoms with E-state index in [0.717, 1.165) is 18.7 Å². The van der Waals surface area contributed by atoms with Gasteiger partial charge in [-0.05, 0) is 36.3 Å². The number of nitrogens with one attached hydrogen (secondary N) is 2. The first-order chi connectivity index (χ1) is 9.22. The maximum atomic E-state index is 12.2. The third kappa shape index (κ3) is 2.34. The summed E-state index contributed by atoms with van der Waals surface area (Å²) in [5.41, 5.74) is 2.74. The highest BCUT2D eigenvalue weighted by Crippen LogP contribution is 2.43. The van der Waals surface area contributed by atoms with E-state index in [-0.39, 0.29) is 11.9 Å². The number of benzene rings is 1. The lowest BCUT2D eigenvalue weighted by atomic mass is 9.67. The minimum Gasteiger partial charge on any atom is -0.373 e. The van der Waals surface area contributed by atoms with Crippen LogP contribution in [-0.4, -0.2) is 18.5 Å². The van der Waals surface area contributed by atoms with Gasteiger partial charge in [0.05, 0.1) is 0 Å². The smallest absolute Gasteiger partial charge is 0.242 e. The molecule has 1 heterocycles. The van der Waals surface area contributed by atoms with Crippen LogP contribution < -0.4 is 10.6 Å². The van der Waals surface area contributed by atoms with Gasteiger partial charge in [0.15, 0.2) is 0 Å². The predicted octanol–water partition coefficient (Wildman–Crippen LogP) is 2.72. The van der Waals surface area contributed by atoms with E-state index in [1.807, 2.05) is 18.2 Å². The Morgan fingerprint density at radius 2 is 2.21 bits per heavy atom. The Labute approximate surface area is 114 Å². The SMILES string of the molecule is CCC1(CNC(=O)[C@@H]2Cc3ccccc3N2)CCC1. The normalized spacial score (nSPS) is 23.1. The first-order valence-electron chi connectivity index (χ1n) is 7.35. The van der Waals surface area contributed by atoms with Crippen molar-refractivity contribution < 1.29 is 4.79 Å². The molecule has 1 aromatic carbocycles. The summed E-state index contributed by atoms with van der Waals surface area (Å²) in [4.78, 5) is 12.2. The van der Waals surface area contributed by atoms with Crippen LogP contribution in [0.25, 0.3) is 0 Å². The van der Waals surface area contributed by atoms with Crippen LogP contribution in [0.5, 0.6) is 0 Å². The summed E-state index contributed by atoms with van der Waals surface area (Å²) in [5, 5.41) is 6.46. The number of amides is 1. The third-order valence-electron chi connectivity index (χ3n) is 4.89. The van der Waals surface area contributed by atoms with E-state index >= 15 is 0 Å². The zero-order chi connectivity index (χ0) is 13.3. The second kappa shape index (κ2) is 4.87. The lowest BCUT2D eigenvalue weighted by Gasteiger charge is -2.41. The van der Waals surface area contributed by atoms with Crippen molar-refractivity contribution >= 4 is 11.6 Å². The molecule has 1 aromatic rings. The average Bonchev–Trinajstić information content (AvgIpc) is 2.81. The van der Waals surface area contributed by atoms with Gasteiger partial charge in [0.1, 0.15) is 6.04 Å². The van der Waals surface area contributed by atoms with Crippen molar-refractivity contribution in [1.82, 2.24) is 5.32 Å². The summed E-state index contributed by atoms with van der Waals surface area (Å²) in [7, 11) is 0. The van der Waals surface area contributed by atoms with E-state index in [2.05, 4.69) is 23.6 Å². The largest absolute Gasteiger partial charge is 0.373 e. The monoisotopic (exact) mass is 258 g/mol. The molecular weight excluding hydrogens is 236 g/mol. The van der Waals surface area contributed by atoms with Crippen molar-refractivity contribution in [2.75, 3.05) is 11.9 Å². The number of anilines is 1. The summed E-state index contributed by atoms with van der Waals surface area (Å²) in [6.45, 7) is 3.08. The third-order valence-corrected chi connectivity index (χ3v) is 4.89. The lowest BCUT2D eigenvalue weighted by molar-refractivity contribution is -0.122. The second-order valence-electron chi connectivity index (χ2n) is 5.98. The maximum Gasteiger partial charge on any atom is 0.242 e. The van der Waals surface area contributed by atoms with Crippen LogP contribution in [0.4, 0.5) is 5.69 Å². The molecule has 1 amide bonds. The minimum atomic E-state index is -0.0913. The first kappa shape index (κ1) is 12.5. The van der Waals surface area contributed by atoms with Crippen molar-refractivity contribution in [2.45, 2.75) is 45.1 Å². The van der Waals surface area contributed by atoms with Crippen LogP contribution in [0.1, 0.15) is 38.2 Å². The first-order valence-corrected chi connectivity index (χ1v) is 7.35. The van der Waals surface area contributed by atoms with Gasteiger partial charge in [-0.1, -0.05) is 31.5 Å². The van der Waals surface area contributed by atoms with Gasteiger partial charge >= 0.3 is 0 Å². The quantitative estimate of drug-likeness (QED) is 0.872. The highest BCUT2D eigenvalue weighted by molar-refractivity contribution is 5.87. The molecule has 0 spiro atoms. The molecule has 0 unspecified atom stereocenters. The van der Waals surface area contributed by atoms with Gasteiger partial charge < -0.3 is 10.6 Å². The number of fused-ring (bicyclic) bond motifs is 1. The molecule has 1 atom stereocenters. The number of carbonyl (C=O) groups excluding carboxylic acids is 1. The van der Waals surface area contributed by atoms with Crippen molar-refractivity contribution in [3.63, 3.8) is 0 Å². The van der Waals surface area contributed by atoms with Crippen LogP contribution in [0.15, 0.2) is 24.3 Å². The van der Waals surface area contributed by atoms with E-state index < -0.39 is 0 Å². The standard InChI is InChI=1S/C16H22N2O/c1-2-16(8-5-9-16)11-17-15(19)14-10-12-6-3-4-7-13(12)18-14/h3-4,6-7,14,18H,2,5,8-11H2,1H3,(H,17,19)/t14-/m0/s1. The Kier molecular flexibility index (Phi) is 3.21. The number of hydrogen-bond donors (Lipinski definition) is 2. The maximum absolute atomic E-state index is 12.2. The molecule has 0 saturated heterocycles. The number of para-hydroxylation sites is 1. The molecule has 1 aliphatic carbocycles. The molecule has 0 bridgehead atoms. The van der Waals surface area contributed by atoms with Crippen molar-refractivity contribution in [1.29, 1.82) is 0 Å². The predicted molar refractivity (Wildman–Crippen MR) is 77.1 cm³/mol. The molecule has 0 aromatic heterocycles. The van der Waals surface area contributed by atoms with Crippen LogP contribution in [-0.2, 0) is 11.2 Å². The van der Waals surface area contributed by atoms with E-state index in [1.54, 1.807) is 0 Å². The molecule has 3 nitrogen and oxygen atoms in total. The summed E-state index contributed by atoms with van der Waals surface area (Å²) < 4.78 is 0. The Morgan fingerprint density at radius 3 is 2.84 bits per heavy atom. The number of rotatable bonds is 4.